The van der Waals surface area contributed by atoms with Gasteiger partial charge in [0.25, 0.3) is 0 Å². The molecule has 0 amide bonds. The van der Waals surface area contributed by atoms with Crippen LogP contribution in [-0.2, 0) is 6.42 Å². The Morgan fingerprint density at radius 1 is 1.33 bits per heavy atom. The fraction of sp³-hybridized carbons (Fsp3) is 0.167. The van der Waals surface area contributed by atoms with Crippen LogP contribution < -0.4 is 0 Å². The van der Waals surface area contributed by atoms with Crippen molar-refractivity contribution in [2.75, 3.05) is 0 Å². The molecule has 0 fully saturated rings. The fourth-order valence-corrected chi connectivity index (χ4v) is 1.46. The Morgan fingerprint density at radius 3 is 2.73 bits per heavy atom. The van der Waals surface area contributed by atoms with Gasteiger partial charge in [0.15, 0.2) is 11.5 Å². The van der Waals surface area contributed by atoms with E-state index in [0.717, 1.165) is 5.56 Å². The summed E-state index contributed by atoms with van der Waals surface area (Å²) in [7, 11) is 0. The van der Waals surface area contributed by atoms with Crippen molar-refractivity contribution >= 4 is 5.78 Å². The molecule has 0 bridgehead atoms. The zero-order chi connectivity index (χ0) is 10.7. The average Bonchev–Trinajstić information content (AvgIpc) is 2.67. The number of carbonyl (C=O) groups excluding carboxylic acids is 1. The molecule has 3 nitrogen and oxygen atoms in total. The Hall–Kier alpha value is -1.90. The normalized spacial score (nSPS) is 10.2. The number of rotatable bonds is 3. The van der Waals surface area contributed by atoms with Crippen LogP contribution in [0.1, 0.15) is 28.6 Å². The lowest BCUT2D eigenvalue weighted by molar-refractivity contribution is 0.101. The lowest BCUT2D eigenvalue weighted by Crippen LogP contribution is -1.96. The minimum atomic E-state index is -0.0119. The van der Waals surface area contributed by atoms with Crippen molar-refractivity contribution in [3.8, 4) is 0 Å². The second-order valence-corrected chi connectivity index (χ2v) is 3.38. The van der Waals surface area contributed by atoms with Crippen molar-refractivity contribution in [2.24, 2.45) is 0 Å². The maximum atomic E-state index is 11.2. The molecule has 0 radical (unpaired) electrons. The Kier molecular flexibility index (Phi) is 2.63. The average molecular weight is 201 g/mol. The number of aromatic nitrogens is 1. The Morgan fingerprint density at radius 2 is 2.07 bits per heavy atom. The largest absolute Gasteiger partial charge is 0.360 e. The van der Waals surface area contributed by atoms with Gasteiger partial charge < -0.3 is 4.52 Å². The summed E-state index contributed by atoms with van der Waals surface area (Å²) in [6.45, 7) is 1.51. The molecule has 0 spiro atoms. The van der Waals surface area contributed by atoms with Crippen LogP contribution in [0, 0.1) is 0 Å². The SMILES string of the molecule is CC(=O)c1cnoc1Cc1ccccc1. The first-order chi connectivity index (χ1) is 7.27. The predicted molar refractivity (Wildman–Crippen MR) is 55.8 cm³/mol. The third-order valence-corrected chi connectivity index (χ3v) is 2.23. The van der Waals surface area contributed by atoms with E-state index in [-0.39, 0.29) is 5.78 Å². The summed E-state index contributed by atoms with van der Waals surface area (Å²) in [5.74, 6) is 0.621. The van der Waals surface area contributed by atoms with E-state index in [4.69, 9.17) is 4.52 Å². The van der Waals surface area contributed by atoms with Crippen LogP contribution in [0.3, 0.4) is 0 Å². The van der Waals surface area contributed by atoms with Crippen LogP contribution in [0.15, 0.2) is 41.1 Å². The zero-order valence-electron chi connectivity index (χ0n) is 8.43. The van der Waals surface area contributed by atoms with Gasteiger partial charge in [0.2, 0.25) is 0 Å². The molecule has 0 aliphatic heterocycles. The molecule has 2 aromatic rings. The smallest absolute Gasteiger partial charge is 0.165 e. The molecule has 1 aromatic carbocycles. The quantitative estimate of drug-likeness (QED) is 0.716. The van der Waals surface area contributed by atoms with Gasteiger partial charge in [-0.2, -0.15) is 0 Å². The van der Waals surface area contributed by atoms with Crippen molar-refractivity contribution in [2.45, 2.75) is 13.3 Å². The van der Waals surface area contributed by atoms with Crippen molar-refractivity contribution in [1.29, 1.82) is 0 Å². The second-order valence-electron chi connectivity index (χ2n) is 3.38. The minimum Gasteiger partial charge on any atom is -0.360 e. The number of Topliss-reactive ketones (excluding diaryl/α,β-unsaturated/α-hetero) is 1. The topological polar surface area (TPSA) is 43.1 Å². The summed E-state index contributed by atoms with van der Waals surface area (Å²) >= 11 is 0. The second kappa shape index (κ2) is 4.09. The first-order valence-corrected chi connectivity index (χ1v) is 4.76. The molecule has 0 aliphatic carbocycles. The van der Waals surface area contributed by atoms with Gasteiger partial charge in [0, 0.05) is 6.42 Å². The molecule has 1 aromatic heterocycles. The number of carbonyl (C=O) groups is 1. The van der Waals surface area contributed by atoms with E-state index in [1.165, 1.54) is 13.1 Å². The van der Waals surface area contributed by atoms with Gasteiger partial charge >= 0.3 is 0 Å². The summed E-state index contributed by atoms with van der Waals surface area (Å²) in [6, 6.07) is 9.85. The molecule has 0 N–H and O–H groups in total. The highest BCUT2D eigenvalue weighted by Gasteiger charge is 2.12. The minimum absolute atomic E-state index is 0.0119. The van der Waals surface area contributed by atoms with Crippen LogP contribution in [0.5, 0.6) is 0 Å². The molecule has 3 heteroatoms. The number of nitrogens with zero attached hydrogens (tertiary/aromatic N) is 1. The first-order valence-electron chi connectivity index (χ1n) is 4.76. The maximum Gasteiger partial charge on any atom is 0.165 e. The van der Waals surface area contributed by atoms with Gasteiger partial charge in [-0.15, -0.1) is 0 Å². The molecule has 0 aliphatic rings. The fourth-order valence-electron chi connectivity index (χ4n) is 1.46. The van der Waals surface area contributed by atoms with E-state index >= 15 is 0 Å². The lowest BCUT2D eigenvalue weighted by Gasteiger charge is -1.98. The van der Waals surface area contributed by atoms with Crippen LogP contribution in [-0.4, -0.2) is 10.9 Å². The van der Waals surface area contributed by atoms with Gasteiger partial charge in [0.05, 0.1) is 11.8 Å². The lowest BCUT2D eigenvalue weighted by atomic mass is 10.1. The van der Waals surface area contributed by atoms with Gasteiger partial charge in [-0.3, -0.25) is 4.79 Å². The van der Waals surface area contributed by atoms with E-state index in [1.54, 1.807) is 0 Å². The van der Waals surface area contributed by atoms with Crippen molar-refractivity contribution in [3.63, 3.8) is 0 Å². The highest BCUT2D eigenvalue weighted by atomic mass is 16.5. The molecule has 15 heavy (non-hydrogen) atoms. The number of hydrogen-bond acceptors (Lipinski definition) is 3. The summed E-state index contributed by atoms with van der Waals surface area (Å²) in [5, 5.41) is 3.64. The van der Waals surface area contributed by atoms with E-state index in [2.05, 4.69) is 5.16 Å². The van der Waals surface area contributed by atoms with Crippen LogP contribution in [0.4, 0.5) is 0 Å². The molecular formula is C12H11NO2. The van der Waals surface area contributed by atoms with E-state index < -0.39 is 0 Å². The van der Waals surface area contributed by atoms with E-state index in [9.17, 15) is 4.79 Å². The molecule has 76 valence electrons. The molecule has 2 rings (SSSR count). The van der Waals surface area contributed by atoms with Crippen LogP contribution in [0.2, 0.25) is 0 Å². The van der Waals surface area contributed by atoms with Crippen molar-refractivity contribution < 1.29 is 9.32 Å². The van der Waals surface area contributed by atoms with Gasteiger partial charge in [0.1, 0.15) is 0 Å². The number of ketones is 1. The third-order valence-electron chi connectivity index (χ3n) is 2.23. The Balaban J connectivity index is 2.25. The summed E-state index contributed by atoms with van der Waals surface area (Å²) in [5.41, 5.74) is 1.68. The molecule has 0 atom stereocenters. The molecule has 1 heterocycles. The standard InChI is InChI=1S/C12H11NO2/c1-9(14)11-8-13-15-12(11)7-10-5-3-2-4-6-10/h2-6,8H,7H2,1H3. The van der Waals surface area contributed by atoms with Crippen LogP contribution in [0.25, 0.3) is 0 Å². The van der Waals surface area contributed by atoms with E-state index in [0.29, 0.717) is 17.7 Å². The van der Waals surface area contributed by atoms with E-state index in [1.807, 2.05) is 30.3 Å². The molecule has 0 saturated carbocycles. The summed E-state index contributed by atoms with van der Waals surface area (Å²) in [4.78, 5) is 11.2. The Bertz CT molecular complexity index is 459. The number of benzene rings is 1. The summed E-state index contributed by atoms with van der Waals surface area (Å²) in [6.07, 6.45) is 2.08. The van der Waals surface area contributed by atoms with Crippen molar-refractivity contribution in [3.05, 3.63) is 53.4 Å². The molecule has 0 saturated heterocycles. The molecule has 0 unspecified atom stereocenters. The molecular weight excluding hydrogens is 190 g/mol. The predicted octanol–water partition coefficient (Wildman–Crippen LogP) is 2.47. The van der Waals surface area contributed by atoms with Gasteiger partial charge in [-0.25, -0.2) is 0 Å². The zero-order valence-corrected chi connectivity index (χ0v) is 8.43. The highest BCUT2D eigenvalue weighted by Crippen LogP contribution is 2.14. The maximum absolute atomic E-state index is 11.2. The monoisotopic (exact) mass is 201 g/mol. The first kappa shape index (κ1) is 9.65. The van der Waals surface area contributed by atoms with Crippen molar-refractivity contribution in [1.82, 2.24) is 5.16 Å². The van der Waals surface area contributed by atoms with Gasteiger partial charge in [-0.1, -0.05) is 35.5 Å². The highest BCUT2D eigenvalue weighted by molar-refractivity contribution is 5.94. The summed E-state index contributed by atoms with van der Waals surface area (Å²) < 4.78 is 5.06. The number of hydrogen-bond donors (Lipinski definition) is 0. The van der Waals surface area contributed by atoms with Crippen LogP contribution >= 0.6 is 0 Å². The Labute approximate surface area is 87.7 Å². The third kappa shape index (κ3) is 2.13. The van der Waals surface area contributed by atoms with Gasteiger partial charge in [-0.05, 0) is 12.5 Å².